The molecule has 0 fully saturated rings. The Balaban J connectivity index is 2.46. The van der Waals surface area contributed by atoms with Crippen molar-refractivity contribution in [3.8, 4) is 0 Å². The topological polar surface area (TPSA) is 67.4 Å². The van der Waals surface area contributed by atoms with E-state index in [1.807, 2.05) is 30.3 Å². The molecule has 1 aliphatic heterocycles. The summed E-state index contributed by atoms with van der Waals surface area (Å²) in [7, 11) is 0. The van der Waals surface area contributed by atoms with Gasteiger partial charge in [-0.05, 0) is 12.5 Å². The number of alkyl halides is 1. The van der Waals surface area contributed by atoms with Gasteiger partial charge in [0.1, 0.15) is 0 Å². The highest BCUT2D eigenvalue weighted by atomic mass is 127. The van der Waals surface area contributed by atoms with E-state index in [0.717, 1.165) is 5.56 Å². The Morgan fingerprint density at radius 1 is 1.35 bits per heavy atom. The number of halogens is 1. The van der Waals surface area contributed by atoms with E-state index in [9.17, 15) is 9.59 Å². The van der Waals surface area contributed by atoms with Gasteiger partial charge in [0.2, 0.25) is 0 Å². The van der Waals surface area contributed by atoms with E-state index < -0.39 is 12.0 Å². The molecule has 106 valence electrons. The highest BCUT2D eigenvalue weighted by Gasteiger charge is 2.32. The van der Waals surface area contributed by atoms with E-state index in [0.29, 0.717) is 22.3 Å². The van der Waals surface area contributed by atoms with Gasteiger partial charge in [0.15, 0.2) is 0 Å². The molecule has 0 aromatic heterocycles. The molecule has 0 bridgehead atoms. The van der Waals surface area contributed by atoms with Crippen LogP contribution in [-0.2, 0) is 9.53 Å². The second-order valence-corrected chi connectivity index (χ2v) is 4.95. The van der Waals surface area contributed by atoms with Crippen LogP contribution in [0, 0.1) is 0 Å². The van der Waals surface area contributed by atoms with E-state index in [4.69, 9.17) is 4.74 Å². The zero-order valence-electron chi connectivity index (χ0n) is 11.0. The number of hydrogen-bond acceptors (Lipinski definition) is 3. The molecule has 1 aliphatic rings. The molecule has 5 nitrogen and oxygen atoms in total. The summed E-state index contributed by atoms with van der Waals surface area (Å²) in [4.78, 5) is 23.9. The molecule has 1 atom stereocenters. The SMILES string of the molecule is CCOC(=O)C1=C(CI)NC(=O)NC1c1ccccc1. The maximum Gasteiger partial charge on any atom is 0.338 e. The molecule has 1 aromatic carbocycles. The van der Waals surface area contributed by atoms with Crippen molar-refractivity contribution in [1.29, 1.82) is 0 Å². The van der Waals surface area contributed by atoms with Crippen LogP contribution in [0.15, 0.2) is 41.6 Å². The lowest BCUT2D eigenvalue weighted by atomic mass is 9.96. The smallest absolute Gasteiger partial charge is 0.338 e. The first-order valence-corrected chi connectivity index (χ1v) is 7.78. The molecule has 0 aliphatic carbocycles. The quantitative estimate of drug-likeness (QED) is 0.474. The zero-order chi connectivity index (χ0) is 14.5. The molecule has 2 amide bonds. The Hall–Kier alpha value is -1.57. The van der Waals surface area contributed by atoms with Crippen LogP contribution in [0.5, 0.6) is 0 Å². The summed E-state index contributed by atoms with van der Waals surface area (Å²) in [6.07, 6.45) is 0. The van der Waals surface area contributed by atoms with Gasteiger partial charge in [-0.1, -0.05) is 52.9 Å². The van der Waals surface area contributed by atoms with Gasteiger partial charge < -0.3 is 15.4 Å². The Kier molecular flexibility index (Phi) is 4.99. The van der Waals surface area contributed by atoms with Crippen LogP contribution in [-0.4, -0.2) is 23.0 Å². The lowest BCUT2D eigenvalue weighted by molar-refractivity contribution is -0.139. The number of hydrogen-bond donors (Lipinski definition) is 2. The molecule has 2 N–H and O–H groups in total. The van der Waals surface area contributed by atoms with Crippen molar-refractivity contribution in [2.24, 2.45) is 0 Å². The van der Waals surface area contributed by atoms with E-state index >= 15 is 0 Å². The largest absolute Gasteiger partial charge is 0.463 e. The lowest BCUT2D eigenvalue weighted by Gasteiger charge is -2.28. The van der Waals surface area contributed by atoms with E-state index in [2.05, 4.69) is 33.2 Å². The minimum atomic E-state index is -0.478. The van der Waals surface area contributed by atoms with Crippen molar-refractivity contribution in [2.45, 2.75) is 13.0 Å². The van der Waals surface area contributed by atoms with E-state index in [1.54, 1.807) is 6.92 Å². The van der Waals surface area contributed by atoms with Gasteiger partial charge in [0, 0.05) is 10.1 Å². The summed E-state index contributed by atoms with van der Waals surface area (Å²) >= 11 is 2.11. The van der Waals surface area contributed by atoms with Crippen molar-refractivity contribution < 1.29 is 14.3 Å². The number of nitrogens with one attached hydrogen (secondary N) is 2. The standard InChI is InChI=1S/C14H15IN2O3/c1-2-20-13(18)11-10(8-15)16-14(19)17-12(11)9-6-4-3-5-7-9/h3-7,12H,2,8H2,1H3,(H2,16,17,19). The fourth-order valence-corrected chi connectivity index (χ4v) is 2.67. The fraction of sp³-hybridized carbons (Fsp3) is 0.286. The van der Waals surface area contributed by atoms with Crippen LogP contribution in [0.25, 0.3) is 0 Å². The van der Waals surface area contributed by atoms with Crippen molar-refractivity contribution in [3.05, 3.63) is 47.2 Å². The predicted molar refractivity (Wildman–Crippen MR) is 83.4 cm³/mol. The Bertz CT molecular complexity index is 543. The second kappa shape index (κ2) is 6.74. The summed E-state index contributed by atoms with van der Waals surface area (Å²) in [6, 6.07) is 8.60. The molecule has 6 heteroatoms. The van der Waals surface area contributed by atoms with Crippen LogP contribution < -0.4 is 10.6 Å². The molecule has 1 unspecified atom stereocenters. The summed E-state index contributed by atoms with van der Waals surface area (Å²) < 4.78 is 5.64. The minimum absolute atomic E-state index is 0.298. The fourth-order valence-electron chi connectivity index (χ4n) is 2.07. The monoisotopic (exact) mass is 386 g/mol. The van der Waals surface area contributed by atoms with Gasteiger partial charge in [-0.25, -0.2) is 9.59 Å². The average Bonchev–Trinajstić information content (AvgIpc) is 2.47. The molecule has 0 saturated heterocycles. The molecule has 20 heavy (non-hydrogen) atoms. The number of ether oxygens (including phenoxy) is 1. The maximum absolute atomic E-state index is 12.2. The first-order valence-electron chi connectivity index (χ1n) is 6.26. The Labute approximate surface area is 130 Å². The van der Waals surface area contributed by atoms with Gasteiger partial charge in [0.25, 0.3) is 0 Å². The highest BCUT2D eigenvalue weighted by molar-refractivity contribution is 14.1. The van der Waals surface area contributed by atoms with Crippen molar-refractivity contribution in [1.82, 2.24) is 10.6 Å². The third kappa shape index (κ3) is 3.12. The minimum Gasteiger partial charge on any atom is -0.463 e. The molecule has 0 saturated carbocycles. The summed E-state index contributed by atoms with van der Waals surface area (Å²) in [5.74, 6) is -0.402. The highest BCUT2D eigenvalue weighted by Crippen LogP contribution is 2.28. The van der Waals surface area contributed by atoms with Crippen LogP contribution >= 0.6 is 22.6 Å². The van der Waals surface area contributed by atoms with Crippen molar-refractivity contribution in [2.75, 3.05) is 11.0 Å². The van der Waals surface area contributed by atoms with Gasteiger partial charge in [0.05, 0.1) is 18.2 Å². The molecule has 0 radical (unpaired) electrons. The van der Waals surface area contributed by atoms with Crippen LogP contribution in [0.3, 0.4) is 0 Å². The first-order chi connectivity index (χ1) is 9.67. The van der Waals surface area contributed by atoms with E-state index in [-0.39, 0.29) is 6.03 Å². The number of carbonyl (C=O) groups is 2. The molecular weight excluding hydrogens is 371 g/mol. The summed E-state index contributed by atoms with van der Waals surface area (Å²) in [5, 5.41) is 5.45. The zero-order valence-corrected chi connectivity index (χ0v) is 13.1. The normalized spacial score (nSPS) is 18.3. The molecule has 0 spiro atoms. The Morgan fingerprint density at radius 3 is 2.65 bits per heavy atom. The third-order valence-electron chi connectivity index (χ3n) is 2.92. The van der Waals surface area contributed by atoms with Gasteiger partial charge in [-0.3, -0.25) is 0 Å². The number of allylic oxidation sites excluding steroid dienone is 1. The summed E-state index contributed by atoms with van der Waals surface area (Å²) in [5.41, 5.74) is 1.92. The number of benzene rings is 1. The van der Waals surface area contributed by atoms with Gasteiger partial charge in [-0.15, -0.1) is 0 Å². The van der Waals surface area contributed by atoms with Crippen LogP contribution in [0.2, 0.25) is 0 Å². The molecular formula is C14H15IN2O3. The molecule has 2 rings (SSSR count). The maximum atomic E-state index is 12.2. The summed E-state index contributed by atoms with van der Waals surface area (Å²) in [6.45, 7) is 2.06. The van der Waals surface area contributed by atoms with Crippen molar-refractivity contribution in [3.63, 3.8) is 0 Å². The lowest BCUT2D eigenvalue weighted by Crippen LogP contribution is -2.46. The second-order valence-electron chi connectivity index (χ2n) is 4.19. The van der Waals surface area contributed by atoms with E-state index in [1.165, 1.54) is 0 Å². The average molecular weight is 386 g/mol. The van der Waals surface area contributed by atoms with Gasteiger partial charge in [-0.2, -0.15) is 0 Å². The molecule has 1 aromatic rings. The first kappa shape index (κ1) is 14.8. The van der Waals surface area contributed by atoms with Crippen LogP contribution in [0.4, 0.5) is 4.79 Å². The Morgan fingerprint density at radius 2 is 2.05 bits per heavy atom. The third-order valence-corrected chi connectivity index (χ3v) is 3.68. The van der Waals surface area contributed by atoms with Gasteiger partial charge >= 0.3 is 12.0 Å². The number of urea groups is 1. The molecule has 1 heterocycles. The number of rotatable bonds is 4. The van der Waals surface area contributed by atoms with Crippen LogP contribution in [0.1, 0.15) is 18.5 Å². The van der Waals surface area contributed by atoms with Crippen molar-refractivity contribution >= 4 is 34.6 Å². The predicted octanol–water partition coefficient (Wildman–Crippen LogP) is 2.29. The number of carbonyl (C=O) groups excluding carboxylic acids is 2. The number of esters is 1. The number of amides is 2.